The monoisotopic (exact) mass is 470 g/mol. The first kappa shape index (κ1) is 23.8. The number of carbonyl (C=O) groups excluding carboxylic acids is 2. The van der Waals surface area contributed by atoms with Crippen molar-refractivity contribution in [1.29, 1.82) is 0 Å². The second-order valence-electron chi connectivity index (χ2n) is 7.87. The molecule has 172 valence electrons. The Hall–Kier alpha value is -2.88. The van der Waals surface area contributed by atoms with Crippen LogP contribution in [0.4, 0.5) is 13.2 Å². The molecule has 32 heavy (non-hydrogen) atoms. The van der Waals surface area contributed by atoms with Gasteiger partial charge in [-0.25, -0.2) is 0 Å². The Kier molecular flexibility index (Phi) is 6.64. The molecule has 0 saturated heterocycles. The van der Waals surface area contributed by atoms with Crippen LogP contribution >= 0.6 is 11.6 Å². The van der Waals surface area contributed by atoms with Crippen molar-refractivity contribution < 1.29 is 27.6 Å². The van der Waals surface area contributed by atoms with E-state index in [9.17, 15) is 22.8 Å². The van der Waals surface area contributed by atoms with Gasteiger partial charge in [-0.3, -0.25) is 14.3 Å². The fourth-order valence-corrected chi connectivity index (χ4v) is 3.68. The van der Waals surface area contributed by atoms with E-state index in [2.05, 4.69) is 15.6 Å². The Labute approximate surface area is 187 Å². The number of oxime groups is 1. The molecule has 0 bridgehead atoms. The number of benzene rings is 1. The summed E-state index contributed by atoms with van der Waals surface area (Å²) in [4.78, 5) is 29.8. The molecule has 1 atom stereocenters. The standard InChI is InChI=1S/C21H22ClF3N4O3/c1-12-16(11-29(3)27-12)20(2)9-18(28-32-20)13-4-5-17(22)15(8-13)19(31)26-10-14(30)6-7-21(23,24)25/h4-5,8,11H,6-7,9-10H2,1-3H3,(H,26,31). The number of nitrogens with one attached hydrogen (secondary N) is 1. The van der Waals surface area contributed by atoms with Crippen LogP contribution in [0, 0.1) is 6.92 Å². The SMILES string of the molecule is Cc1nn(C)cc1C1(C)CC(c2ccc(Cl)c(C(=O)NCC(=O)CCC(F)(F)F)c2)=NO1. The summed E-state index contributed by atoms with van der Waals surface area (Å²) < 4.78 is 38.4. The highest BCUT2D eigenvalue weighted by atomic mass is 35.5. The van der Waals surface area contributed by atoms with Crippen LogP contribution in [-0.2, 0) is 22.3 Å². The third kappa shape index (κ3) is 5.48. The Morgan fingerprint density at radius 3 is 2.69 bits per heavy atom. The van der Waals surface area contributed by atoms with E-state index < -0.39 is 42.9 Å². The van der Waals surface area contributed by atoms with Gasteiger partial charge in [0.25, 0.3) is 5.91 Å². The van der Waals surface area contributed by atoms with Gasteiger partial charge in [0.05, 0.1) is 35.0 Å². The molecular formula is C21H22ClF3N4O3. The number of rotatable bonds is 7. The predicted octanol–water partition coefficient (Wildman–Crippen LogP) is 4.06. The van der Waals surface area contributed by atoms with E-state index in [1.165, 1.54) is 12.1 Å². The second kappa shape index (κ2) is 8.93. The van der Waals surface area contributed by atoms with Gasteiger partial charge in [-0.2, -0.15) is 18.3 Å². The fourth-order valence-electron chi connectivity index (χ4n) is 3.48. The van der Waals surface area contributed by atoms with Gasteiger partial charge in [-0.05, 0) is 26.0 Å². The van der Waals surface area contributed by atoms with Crippen molar-refractivity contribution in [2.45, 2.75) is 44.9 Å². The summed E-state index contributed by atoms with van der Waals surface area (Å²) in [6, 6.07) is 4.73. The largest absolute Gasteiger partial charge is 0.389 e. The number of halogens is 4. The number of aryl methyl sites for hydroxylation is 2. The highest BCUT2D eigenvalue weighted by molar-refractivity contribution is 6.34. The molecule has 0 spiro atoms. The van der Waals surface area contributed by atoms with Crippen molar-refractivity contribution in [3.05, 3.63) is 51.8 Å². The average Bonchev–Trinajstić information content (AvgIpc) is 3.27. The molecule has 2 aromatic rings. The molecule has 1 unspecified atom stereocenters. The Morgan fingerprint density at radius 2 is 2.06 bits per heavy atom. The molecule has 2 heterocycles. The summed E-state index contributed by atoms with van der Waals surface area (Å²) in [5.74, 6) is -1.39. The Bertz CT molecular complexity index is 1080. The molecule has 1 aliphatic rings. The molecule has 3 rings (SSSR count). The summed E-state index contributed by atoms with van der Waals surface area (Å²) in [6.45, 7) is 3.25. The fraction of sp³-hybridized carbons (Fsp3) is 0.429. The van der Waals surface area contributed by atoms with Crippen molar-refractivity contribution in [1.82, 2.24) is 15.1 Å². The van der Waals surface area contributed by atoms with Crippen LogP contribution in [0.2, 0.25) is 5.02 Å². The third-order valence-corrected chi connectivity index (χ3v) is 5.45. The number of aromatic nitrogens is 2. The van der Waals surface area contributed by atoms with Crippen molar-refractivity contribution in [3.8, 4) is 0 Å². The van der Waals surface area contributed by atoms with Crippen LogP contribution in [0.3, 0.4) is 0 Å². The zero-order chi connectivity index (χ0) is 23.7. The molecule has 11 heteroatoms. The minimum atomic E-state index is -4.43. The van der Waals surface area contributed by atoms with Crippen LogP contribution in [0.5, 0.6) is 0 Å². The van der Waals surface area contributed by atoms with E-state index in [0.717, 1.165) is 11.3 Å². The maximum atomic E-state index is 12.5. The minimum absolute atomic E-state index is 0.0849. The molecule has 1 N–H and O–H groups in total. The Morgan fingerprint density at radius 1 is 1.34 bits per heavy atom. The molecule has 1 aliphatic heterocycles. The van der Waals surface area contributed by atoms with E-state index >= 15 is 0 Å². The van der Waals surface area contributed by atoms with Gasteiger partial charge < -0.3 is 10.2 Å². The van der Waals surface area contributed by atoms with Crippen molar-refractivity contribution in [3.63, 3.8) is 0 Å². The molecule has 0 aliphatic carbocycles. The van der Waals surface area contributed by atoms with Gasteiger partial charge in [0.2, 0.25) is 0 Å². The lowest BCUT2D eigenvalue weighted by Crippen LogP contribution is -2.30. The van der Waals surface area contributed by atoms with E-state index in [1.807, 2.05) is 27.1 Å². The van der Waals surface area contributed by atoms with Gasteiger partial charge in [0.1, 0.15) is 0 Å². The van der Waals surface area contributed by atoms with E-state index in [1.54, 1.807) is 10.7 Å². The number of nitrogens with zero attached hydrogens (tertiary/aromatic N) is 3. The number of alkyl halides is 3. The summed E-state index contributed by atoms with van der Waals surface area (Å²) in [5, 5.41) is 11.0. The lowest BCUT2D eigenvalue weighted by atomic mass is 9.89. The van der Waals surface area contributed by atoms with Gasteiger partial charge in [0, 0.05) is 37.2 Å². The predicted molar refractivity (Wildman–Crippen MR) is 112 cm³/mol. The Balaban J connectivity index is 1.69. The third-order valence-electron chi connectivity index (χ3n) is 5.12. The molecule has 1 amide bonds. The number of hydrogen-bond donors (Lipinski definition) is 1. The van der Waals surface area contributed by atoms with Gasteiger partial charge in [-0.15, -0.1) is 0 Å². The molecule has 0 fully saturated rings. The quantitative estimate of drug-likeness (QED) is 0.661. The number of Topliss-reactive ketones (excluding diaryl/α,β-unsaturated/α-hetero) is 1. The maximum absolute atomic E-state index is 12.5. The first-order chi connectivity index (χ1) is 14.9. The smallest absolute Gasteiger partial charge is 0.384 e. The number of carbonyl (C=O) groups is 2. The minimum Gasteiger partial charge on any atom is -0.384 e. The first-order valence-electron chi connectivity index (χ1n) is 9.80. The van der Waals surface area contributed by atoms with Gasteiger partial charge in [0.15, 0.2) is 11.4 Å². The van der Waals surface area contributed by atoms with E-state index in [4.69, 9.17) is 16.4 Å². The highest BCUT2D eigenvalue weighted by Crippen LogP contribution is 2.37. The topological polar surface area (TPSA) is 85.6 Å². The van der Waals surface area contributed by atoms with Crippen molar-refractivity contribution >= 4 is 29.0 Å². The van der Waals surface area contributed by atoms with Crippen LogP contribution in [0.25, 0.3) is 0 Å². The number of hydrogen-bond acceptors (Lipinski definition) is 5. The second-order valence-corrected chi connectivity index (χ2v) is 8.28. The van der Waals surface area contributed by atoms with E-state index in [-0.39, 0.29) is 10.6 Å². The van der Waals surface area contributed by atoms with Crippen LogP contribution < -0.4 is 5.32 Å². The molecule has 0 radical (unpaired) electrons. The zero-order valence-corrected chi connectivity index (χ0v) is 18.5. The van der Waals surface area contributed by atoms with Crippen molar-refractivity contribution in [2.75, 3.05) is 6.54 Å². The summed E-state index contributed by atoms with van der Waals surface area (Å²) >= 11 is 6.13. The molecule has 0 saturated carbocycles. The number of amides is 1. The normalized spacial score (nSPS) is 18.3. The summed E-state index contributed by atoms with van der Waals surface area (Å²) in [7, 11) is 1.81. The van der Waals surface area contributed by atoms with Gasteiger partial charge >= 0.3 is 6.18 Å². The summed E-state index contributed by atoms with van der Waals surface area (Å²) in [6.07, 6.45) is -4.06. The van der Waals surface area contributed by atoms with Gasteiger partial charge in [-0.1, -0.05) is 22.8 Å². The van der Waals surface area contributed by atoms with Crippen LogP contribution in [-0.4, -0.2) is 39.9 Å². The summed E-state index contributed by atoms with van der Waals surface area (Å²) in [5.41, 5.74) is 2.28. The average molecular weight is 471 g/mol. The molecule has 1 aromatic heterocycles. The highest BCUT2D eigenvalue weighted by Gasteiger charge is 2.39. The lowest BCUT2D eigenvalue weighted by molar-refractivity contribution is -0.142. The van der Waals surface area contributed by atoms with Crippen LogP contribution in [0.1, 0.15) is 53.4 Å². The zero-order valence-electron chi connectivity index (χ0n) is 17.7. The maximum Gasteiger partial charge on any atom is 0.389 e. The molecule has 7 nitrogen and oxygen atoms in total. The first-order valence-corrected chi connectivity index (χ1v) is 10.2. The number of ketones is 1. The van der Waals surface area contributed by atoms with Crippen LogP contribution in [0.15, 0.2) is 29.6 Å². The molecule has 1 aromatic carbocycles. The lowest BCUT2D eigenvalue weighted by Gasteiger charge is -2.20. The van der Waals surface area contributed by atoms with Crippen molar-refractivity contribution in [2.24, 2.45) is 12.2 Å². The molecular weight excluding hydrogens is 449 g/mol. The van der Waals surface area contributed by atoms with E-state index in [0.29, 0.717) is 17.7 Å².